The Bertz CT molecular complexity index is 750. The second kappa shape index (κ2) is 5.69. The molecule has 0 spiro atoms. The summed E-state index contributed by atoms with van der Waals surface area (Å²) in [6, 6.07) is 5.83. The van der Waals surface area contributed by atoms with Gasteiger partial charge in [-0.3, -0.25) is 0 Å². The molecular formula is C14H19N5O2S. The van der Waals surface area contributed by atoms with Gasteiger partial charge in [0.15, 0.2) is 0 Å². The highest BCUT2D eigenvalue weighted by atomic mass is 32.2. The second-order valence-electron chi connectivity index (χ2n) is 5.37. The summed E-state index contributed by atoms with van der Waals surface area (Å²) in [4.78, 5) is 11.0. The Balaban J connectivity index is 1.82. The molecular weight excluding hydrogens is 302 g/mol. The van der Waals surface area contributed by atoms with Crippen LogP contribution in [0.25, 0.3) is 5.82 Å². The molecule has 1 saturated heterocycles. The van der Waals surface area contributed by atoms with E-state index in [1.54, 1.807) is 0 Å². The number of anilines is 1. The normalized spacial score (nSPS) is 16.9. The lowest BCUT2D eigenvalue weighted by Crippen LogP contribution is -2.48. The largest absolute Gasteiger partial charge is 0.354 e. The van der Waals surface area contributed by atoms with E-state index in [-0.39, 0.29) is 0 Å². The maximum absolute atomic E-state index is 11.6. The molecule has 2 aromatic rings. The molecule has 1 aliphatic rings. The minimum atomic E-state index is -3.11. The molecule has 22 heavy (non-hydrogen) atoms. The van der Waals surface area contributed by atoms with Gasteiger partial charge in [0.25, 0.3) is 0 Å². The fraction of sp³-hybridized carbons (Fsp3) is 0.429. The van der Waals surface area contributed by atoms with Crippen molar-refractivity contribution in [1.82, 2.24) is 18.8 Å². The van der Waals surface area contributed by atoms with Crippen LogP contribution in [0.2, 0.25) is 0 Å². The molecule has 8 heteroatoms. The molecule has 1 fully saturated rings. The number of aryl methyl sites for hydroxylation is 1. The lowest BCUT2D eigenvalue weighted by atomic mass is 10.3. The van der Waals surface area contributed by atoms with Crippen LogP contribution in [-0.4, -0.2) is 59.7 Å². The van der Waals surface area contributed by atoms with Crippen LogP contribution in [0.4, 0.5) is 5.82 Å². The zero-order valence-electron chi connectivity index (χ0n) is 12.7. The summed E-state index contributed by atoms with van der Waals surface area (Å²) in [5.41, 5.74) is 0. The maximum atomic E-state index is 11.6. The molecule has 1 aliphatic heterocycles. The molecule has 0 radical (unpaired) electrons. The maximum Gasteiger partial charge on any atom is 0.211 e. The number of hydrogen-bond donors (Lipinski definition) is 0. The van der Waals surface area contributed by atoms with Gasteiger partial charge in [0, 0.05) is 44.6 Å². The van der Waals surface area contributed by atoms with Crippen molar-refractivity contribution < 1.29 is 8.42 Å². The fourth-order valence-corrected chi connectivity index (χ4v) is 3.39. The number of nitrogens with zero attached hydrogens (tertiary/aromatic N) is 5. The lowest BCUT2D eigenvalue weighted by molar-refractivity contribution is 0.387. The molecule has 3 rings (SSSR count). The average molecular weight is 321 g/mol. The molecule has 0 aromatic carbocycles. The summed E-state index contributed by atoms with van der Waals surface area (Å²) in [7, 11) is -3.11. The minimum absolute atomic E-state index is 0.487. The van der Waals surface area contributed by atoms with Gasteiger partial charge in [-0.1, -0.05) is 0 Å². The van der Waals surface area contributed by atoms with Crippen LogP contribution in [0.1, 0.15) is 5.82 Å². The standard InChI is InChI=1S/C14H19N5O2S/c1-12-15-13(17-5-3-4-6-17)11-14(16-12)18-7-9-19(10-8-18)22(2,20)21/h3-6,11H,7-10H2,1-2H3. The van der Waals surface area contributed by atoms with E-state index in [1.165, 1.54) is 10.6 Å². The SMILES string of the molecule is Cc1nc(N2CCN(S(C)(=O)=O)CC2)cc(-n2cccc2)n1. The molecule has 7 nitrogen and oxygen atoms in total. The molecule has 0 saturated carbocycles. The monoisotopic (exact) mass is 321 g/mol. The Kier molecular flexibility index (Phi) is 3.88. The van der Waals surface area contributed by atoms with Gasteiger partial charge in [-0.05, 0) is 19.1 Å². The Morgan fingerprint density at radius 2 is 1.59 bits per heavy atom. The van der Waals surface area contributed by atoms with Crippen molar-refractivity contribution in [3.63, 3.8) is 0 Å². The van der Waals surface area contributed by atoms with Crippen LogP contribution in [0.15, 0.2) is 30.6 Å². The fourth-order valence-electron chi connectivity index (χ4n) is 2.57. The first kappa shape index (κ1) is 15.0. The Morgan fingerprint density at radius 3 is 2.18 bits per heavy atom. The average Bonchev–Trinajstić information content (AvgIpc) is 3.00. The lowest BCUT2D eigenvalue weighted by Gasteiger charge is -2.34. The van der Waals surface area contributed by atoms with Gasteiger partial charge in [0.1, 0.15) is 17.5 Å². The third kappa shape index (κ3) is 3.12. The highest BCUT2D eigenvalue weighted by Gasteiger charge is 2.24. The van der Waals surface area contributed by atoms with Crippen LogP contribution in [-0.2, 0) is 10.0 Å². The number of hydrogen-bond acceptors (Lipinski definition) is 5. The molecule has 0 N–H and O–H groups in total. The highest BCUT2D eigenvalue weighted by molar-refractivity contribution is 7.88. The predicted molar refractivity (Wildman–Crippen MR) is 84.7 cm³/mol. The first-order valence-corrected chi connectivity index (χ1v) is 8.97. The van der Waals surface area contributed by atoms with E-state index in [9.17, 15) is 8.42 Å². The Labute approximate surface area is 130 Å². The molecule has 118 valence electrons. The van der Waals surface area contributed by atoms with E-state index in [0.717, 1.165) is 11.6 Å². The second-order valence-corrected chi connectivity index (χ2v) is 7.35. The number of aromatic nitrogens is 3. The molecule has 0 aliphatic carbocycles. The van der Waals surface area contributed by atoms with Crippen LogP contribution in [0.5, 0.6) is 0 Å². The van der Waals surface area contributed by atoms with Crippen LogP contribution >= 0.6 is 0 Å². The summed E-state index contributed by atoms with van der Waals surface area (Å²) in [6.07, 6.45) is 5.13. The molecule has 2 aromatic heterocycles. The van der Waals surface area contributed by atoms with Gasteiger partial charge in [-0.25, -0.2) is 18.4 Å². The molecule has 0 unspecified atom stereocenters. The summed E-state index contributed by atoms with van der Waals surface area (Å²) >= 11 is 0. The van der Waals surface area contributed by atoms with E-state index in [2.05, 4.69) is 14.9 Å². The van der Waals surface area contributed by atoms with Crippen LogP contribution in [0.3, 0.4) is 0 Å². The summed E-state index contributed by atoms with van der Waals surface area (Å²) in [6.45, 7) is 4.11. The van der Waals surface area contributed by atoms with E-state index in [0.29, 0.717) is 32.0 Å². The third-order valence-corrected chi connectivity index (χ3v) is 5.01. The minimum Gasteiger partial charge on any atom is -0.354 e. The summed E-state index contributed by atoms with van der Waals surface area (Å²) in [5, 5.41) is 0. The van der Waals surface area contributed by atoms with E-state index in [1.807, 2.05) is 42.1 Å². The first-order valence-electron chi connectivity index (χ1n) is 7.12. The third-order valence-electron chi connectivity index (χ3n) is 3.71. The number of rotatable bonds is 3. The number of piperazine rings is 1. The van der Waals surface area contributed by atoms with Crippen molar-refractivity contribution in [2.24, 2.45) is 0 Å². The van der Waals surface area contributed by atoms with Crippen molar-refractivity contribution in [3.8, 4) is 5.82 Å². The van der Waals surface area contributed by atoms with Gasteiger partial charge >= 0.3 is 0 Å². The predicted octanol–water partition coefficient (Wildman–Crippen LogP) is 0.657. The smallest absolute Gasteiger partial charge is 0.211 e. The van der Waals surface area contributed by atoms with Crippen molar-refractivity contribution >= 4 is 15.8 Å². The molecule has 0 atom stereocenters. The topological polar surface area (TPSA) is 71.3 Å². The highest BCUT2D eigenvalue weighted by Crippen LogP contribution is 2.18. The molecule has 0 bridgehead atoms. The Hall–Kier alpha value is -1.93. The van der Waals surface area contributed by atoms with Gasteiger partial charge in [0.2, 0.25) is 10.0 Å². The van der Waals surface area contributed by atoms with Crippen molar-refractivity contribution in [2.75, 3.05) is 37.3 Å². The molecule has 0 amide bonds. The zero-order valence-corrected chi connectivity index (χ0v) is 13.5. The van der Waals surface area contributed by atoms with Gasteiger partial charge in [0.05, 0.1) is 6.26 Å². The van der Waals surface area contributed by atoms with Gasteiger partial charge in [-0.2, -0.15) is 4.31 Å². The first-order chi connectivity index (χ1) is 10.4. The quantitative estimate of drug-likeness (QED) is 0.830. The van der Waals surface area contributed by atoms with Crippen LogP contribution in [0, 0.1) is 6.92 Å². The van der Waals surface area contributed by atoms with Gasteiger partial charge < -0.3 is 9.47 Å². The summed E-state index contributed by atoms with van der Waals surface area (Å²) < 4.78 is 26.6. The zero-order chi connectivity index (χ0) is 15.7. The van der Waals surface area contributed by atoms with E-state index < -0.39 is 10.0 Å². The van der Waals surface area contributed by atoms with Gasteiger partial charge in [-0.15, -0.1) is 0 Å². The Morgan fingerprint density at radius 1 is 1.00 bits per heavy atom. The number of sulfonamides is 1. The summed E-state index contributed by atoms with van der Waals surface area (Å²) in [5.74, 6) is 2.36. The van der Waals surface area contributed by atoms with Crippen molar-refractivity contribution in [3.05, 3.63) is 36.4 Å². The van der Waals surface area contributed by atoms with Crippen molar-refractivity contribution in [2.45, 2.75) is 6.92 Å². The molecule has 3 heterocycles. The van der Waals surface area contributed by atoms with E-state index in [4.69, 9.17) is 0 Å². The van der Waals surface area contributed by atoms with Crippen molar-refractivity contribution in [1.29, 1.82) is 0 Å². The van der Waals surface area contributed by atoms with E-state index >= 15 is 0 Å². The van der Waals surface area contributed by atoms with Crippen LogP contribution < -0.4 is 4.90 Å².